The second-order valence-corrected chi connectivity index (χ2v) is 12.9. The number of hydrogen-bond donors (Lipinski definition) is 1. The van der Waals surface area contributed by atoms with E-state index in [4.69, 9.17) is 4.11 Å². The molecule has 3 aromatic rings. The van der Waals surface area contributed by atoms with Gasteiger partial charge in [0.05, 0.1) is 16.4 Å². The molecular formula is C27H34F2N6O3S. The minimum Gasteiger partial charge on any atom is -0.375 e. The summed E-state index contributed by atoms with van der Waals surface area (Å²) in [6.45, 7) is 4.86. The fourth-order valence-electron chi connectivity index (χ4n) is 5.33. The minimum atomic E-state index is -3.40. The SMILES string of the molecule is [2H]C([2H])([2H])O[C@H]1CCN(c2nccc(Nc3cc4c(C(C)C)ccc(N5CC(CS(C)(=O)=O)C5)c4cn3)n2)CC1(F)F. The Labute approximate surface area is 231 Å². The Hall–Kier alpha value is -3.12. The zero-order chi connectivity index (χ0) is 30.4. The number of piperidine rings is 1. The summed E-state index contributed by atoms with van der Waals surface area (Å²) in [5.41, 5.74) is 2.12. The topological polar surface area (TPSA) is 101 Å². The average molecular weight is 564 g/mol. The molecule has 12 heteroatoms. The van der Waals surface area contributed by atoms with Crippen LogP contribution in [0.2, 0.25) is 0 Å². The monoisotopic (exact) mass is 563 g/mol. The Morgan fingerprint density at radius 3 is 2.67 bits per heavy atom. The molecule has 2 saturated heterocycles. The molecule has 1 N–H and O–H groups in total. The molecule has 1 aromatic carbocycles. The van der Waals surface area contributed by atoms with Gasteiger partial charge in [0.15, 0.2) is 0 Å². The number of alkyl halides is 2. The van der Waals surface area contributed by atoms with Crippen molar-refractivity contribution in [2.24, 2.45) is 5.92 Å². The van der Waals surface area contributed by atoms with Gasteiger partial charge in [0.1, 0.15) is 27.6 Å². The number of pyridine rings is 1. The van der Waals surface area contributed by atoms with Crippen molar-refractivity contribution >= 4 is 43.9 Å². The van der Waals surface area contributed by atoms with E-state index in [9.17, 15) is 17.2 Å². The Kier molecular flexibility index (Phi) is 6.36. The van der Waals surface area contributed by atoms with E-state index in [0.717, 1.165) is 22.0 Å². The van der Waals surface area contributed by atoms with Crippen LogP contribution in [0, 0.1) is 5.92 Å². The number of hydrogen-bond acceptors (Lipinski definition) is 9. The van der Waals surface area contributed by atoms with Crippen LogP contribution in [-0.4, -0.2) is 80.6 Å². The summed E-state index contributed by atoms with van der Waals surface area (Å²) in [4.78, 5) is 16.6. The van der Waals surface area contributed by atoms with Crippen LogP contribution in [0.1, 0.15) is 35.9 Å². The van der Waals surface area contributed by atoms with Crippen LogP contribution >= 0.6 is 0 Å². The van der Waals surface area contributed by atoms with E-state index in [-0.39, 0.29) is 36.5 Å². The van der Waals surface area contributed by atoms with Crippen molar-refractivity contribution in [3.8, 4) is 0 Å². The van der Waals surface area contributed by atoms with E-state index in [1.807, 2.05) is 6.07 Å². The Bertz CT molecular complexity index is 1570. The van der Waals surface area contributed by atoms with E-state index in [2.05, 4.69) is 55.9 Å². The predicted octanol–water partition coefficient (Wildman–Crippen LogP) is 4.23. The van der Waals surface area contributed by atoms with Crippen LogP contribution in [0.4, 0.5) is 32.1 Å². The van der Waals surface area contributed by atoms with Gasteiger partial charge in [0.2, 0.25) is 5.95 Å². The Morgan fingerprint density at radius 2 is 1.97 bits per heavy atom. The number of methoxy groups -OCH3 is 1. The maximum Gasteiger partial charge on any atom is 0.290 e. The summed E-state index contributed by atoms with van der Waals surface area (Å²) in [5, 5.41) is 5.11. The number of ether oxygens (including phenoxy) is 1. The summed E-state index contributed by atoms with van der Waals surface area (Å²) in [6.07, 6.45) is 2.60. The zero-order valence-corrected chi connectivity index (χ0v) is 22.9. The van der Waals surface area contributed by atoms with Gasteiger partial charge in [-0.05, 0) is 41.5 Å². The molecule has 2 aromatic heterocycles. The number of sulfone groups is 1. The largest absolute Gasteiger partial charge is 0.375 e. The zero-order valence-electron chi connectivity index (χ0n) is 25.1. The molecular weight excluding hydrogens is 526 g/mol. The van der Waals surface area contributed by atoms with Crippen LogP contribution in [0.25, 0.3) is 10.8 Å². The first-order valence-electron chi connectivity index (χ1n) is 14.3. The van der Waals surface area contributed by atoms with E-state index in [1.165, 1.54) is 17.4 Å². The van der Waals surface area contributed by atoms with Gasteiger partial charge in [-0.2, -0.15) is 4.98 Å². The minimum absolute atomic E-state index is 0.0828. The maximum atomic E-state index is 14.7. The van der Waals surface area contributed by atoms with Gasteiger partial charge >= 0.3 is 0 Å². The second-order valence-electron chi connectivity index (χ2n) is 10.8. The van der Waals surface area contributed by atoms with Crippen molar-refractivity contribution in [3.05, 3.63) is 42.2 Å². The second kappa shape index (κ2) is 10.5. The van der Waals surface area contributed by atoms with E-state index in [0.29, 0.717) is 24.7 Å². The molecule has 0 amide bonds. The number of fused-ring (bicyclic) bond motifs is 1. The van der Waals surface area contributed by atoms with Crippen molar-refractivity contribution in [3.63, 3.8) is 0 Å². The number of rotatable bonds is 8. The summed E-state index contributed by atoms with van der Waals surface area (Å²) in [7, 11) is -5.94. The molecule has 0 radical (unpaired) electrons. The quantitative estimate of drug-likeness (QED) is 0.431. The van der Waals surface area contributed by atoms with Crippen LogP contribution in [0.15, 0.2) is 36.7 Å². The lowest BCUT2D eigenvalue weighted by Gasteiger charge is -2.41. The van der Waals surface area contributed by atoms with Gasteiger partial charge in [0, 0.05) is 62.3 Å². The molecule has 0 aliphatic carbocycles. The highest BCUT2D eigenvalue weighted by Crippen LogP contribution is 2.37. The highest BCUT2D eigenvalue weighted by atomic mass is 32.2. The van der Waals surface area contributed by atoms with Gasteiger partial charge in [-0.3, -0.25) is 0 Å². The van der Waals surface area contributed by atoms with E-state index < -0.39 is 35.4 Å². The number of benzene rings is 1. The highest BCUT2D eigenvalue weighted by Gasteiger charge is 2.45. The lowest BCUT2D eigenvalue weighted by atomic mass is 9.93. The van der Waals surface area contributed by atoms with Crippen molar-refractivity contribution in [2.75, 3.05) is 60.3 Å². The van der Waals surface area contributed by atoms with Crippen LogP contribution < -0.4 is 15.1 Å². The molecule has 210 valence electrons. The third-order valence-corrected chi connectivity index (χ3v) is 8.30. The van der Waals surface area contributed by atoms with Crippen molar-refractivity contribution in [1.82, 2.24) is 15.0 Å². The lowest BCUT2D eigenvalue weighted by Crippen LogP contribution is -2.52. The molecule has 1 atom stereocenters. The first-order valence-corrected chi connectivity index (χ1v) is 14.9. The van der Waals surface area contributed by atoms with Crippen LogP contribution in [0.3, 0.4) is 0 Å². The highest BCUT2D eigenvalue weighted by molar-refractivity contribution is 7.90. The molecule has 0 saturated carbocycles. The smallest absolute Gasteiger partial charge is 0.290 e. The van der Waals surface area contributed by atoms with E-state index in [1.54, 1.807) is 12.3 Å². The number of halogens is 2. The number of aromatic nitrogens is 3. The van der Waals surface area contributed by atoms with E-state index >= 15 is 0 Å². The van der Waals surface area contributed by atoms with Crippen molar-refractivity contribution in [2.45, 2.75) is 38.2 Å². The van der Waals surface area contributed by atoms with Gasteiger partial charge in [-0.25, -0.2) is 27.2 Å². The van der Waals surface area contributed by atoms with Crippen LogP contribution in [0.5, 0.6) is 0 Å². The van der Waals surface area contributed by atoms with Crippen molar-refractivity contribution < 1.29 is 26.0 Å². The van der Waals surface area contributed by atoms with Crippen LogP contribution in [-0.2, 0) is 14.6 Å². The molecule has 4 heterocycles. The van der Waals surface area contributed by atoms with Gasteiger partial charge in [-0.1, -0.05) is 19.9 Å². The molecule has 39 heavy (non-hydrogen) atoms. The summed E-state index contributed by atoms with van der Waals surface area (Å²) in [5.74, 6) is -1.93. The first kappa shape index (κ1) is 23.7. The fourth-order valence-corrected chi connectivity index (χ4v) is 6.40. The Balaban J connectivity index is 1.35. The van der Waals surface area contributed by atoms with Gasteiger partial charge < -0.3 is 19.9 Å². The molecule has 0 unspecified atom stereocenters. The molecule has 2 aliphatic heterocycles. The summed E-state index contributed by atoms with van der Waals surface area (Å²) >= 11 is 0. The first-order chi connectivity index (χ1) is 19.6. The normalized spacial score (nSPS) is 21.4. The number of nitrogens with one attached hydrogen (secondary N) is 1. The number of nitrogens with zero attached hydrogens (tertiary/aromatic N) is 5. The molecule has 9 nitrogen and oxygen atoms in total. The number of anilines is 4. The molecule has 5 rings (SSSR count). The summed E-state index contributed by atoms with van der Waals surface area (Å²) in [6, 6.07) is 7.68. The van der Waals surface area contributed by atoms with Gasteiger partial charge in [-0.15, -0.1) is 0 Å². The predicted molar refractivity (Wildman–Crippen MR) is 149 cm³/mol. The third kappa shape index (κ3) is 5.91. The van der Waals surface area contributed by atoms with Gasteiger partial charge in [0.25, 0.3) is 5.92 Å². The molecule has 0 bridgehead atoms. The summed E-state index contributed by atoms with van der Waals surface area (Å²) < 4.78 is 79.0. The van der Waals surface area contributed by atoms with Crippen molar-refractivity contribution in [1.29, 1.82) is 0 Å². The molecule has 0 spiro atoms. The fraction of sp³-hybridized carbons (Fsp3) is 0.519. The standard InChI is InChI=1S/C27H34F2N6O3S/c1-17(2)19-5-6-22(35-13-18(14-35)15-39(4,36)37)21-12-31-25(11-20(19)21)32-24-7-9-30-26(33-24)34-10-8-23(38-3)27(28,29)16-34/h5-7,9,11-12,17-18,23H,8,10,13-16H2,1-4H3,(H,30,31,32,33)/t23-/m0/s1/i3D3. The maximum absolute atomic E-state index is 14.7. The molecule has 2 aliphatic rings. The Morgan fingerprint density at radius 1 is 1.18 bits per heavy atom. The lowest BCUT2D eigenvalue weighted by molar-refractivity contribution is -0.129. The average Bonchev–Trinajstić information content (AvgIpc) is 2.85. The molecule has 2 fully saturated rings. The third-order valence-electron chi connectivity index (χ3n) is 7.23.